The molecule has 162 valence electrons. The number of pyridine rings is 1. The number of aryl methyl sites for hydroxylation is 1. The van der Waals surface area contributed by atoms with Gasteiger partial charge >= 0.3 is 5.97 Å². The zero-order valence-electron chi connectivity index (χ0n) is 18.2. The van der Waals surface area contributed by atoms with Crippen LogP contribution < -0.4 is 4.90 Å². The lowest BCUT2D eigenvalue weighted by Crippen LogP contribution is -2.29. The first-order chi connectivity index (χ1) is 15.6. The molecule has 1 aromatic heterocycles. The average molecular weight is 428 g/mol. The smallest absolute Gasteiger partial charge is 0.302 e. The molecule has 0 amide bonds. The second-order valence-electron chi connectivity index (χ2n) is 7.17. The van der Waals surface area contributed by atoms with Gasteiger partial charge in [0.25, 0.3) is 0 Å². The third kappa shape index (κ3) is 6.47. The summed E-state index contributed by atoms with van der Waals surface area (Å²) in [5.41, 5.74) is 5.37. The van der Waals surface area contributed by atoms with Crippen molar-refractivity contribution in [2.45, 2.75) is 20.3 Å². The summed E-state index contributed by atoms with van der Waals surface area (Å²) in [7, 11) is 0. The molecule has 3 rings (SSSR count). The van der Waals surface area contributed by atoms with Crippen molar-refractivity contribution in [2.24, 2.45) is 10.2 Å². The Kier molecular flexibility index (Phi) is 8.04. The molecule has 0 aliphatic heterocycles. The van der Waals surface area contributed by atoms with E-state index in [0.717, 1.165) is 33.9 Å². The van der Waals surface area contributed by atoms with Gasteiger partial charge in [-0.3, -0.25) is 9.78 Å². The van der Waals surface area contributed by atoms with Crippen LogP contribution in [0, 0.1) is 18.3 Å². The van der Waals surface area contributed by atoms with Gasteiger partial charge in [-0.05, 0) is 55.0 Å². The first-order valence-corrected chi connectivity index (χ1v) is 10.4. The SMILES string of the molecule is CC(=O)OCCN(CCC#N)c1ccc(N=Nc2ccc(-c3ccccn3)cc2)c(C)c1. The Hall–Kier alpha value is -4.05. The van der Waals surface area contributed by atoms with E-state index in [0.29, 0.717) is 19.5 Å². The summed E-state index contributed by atoms with van der Waals surface area (Å²) in [5, 5.41) is 17.7. The monoisotopic (exact) mass is 427 g/mol. The van der Waals surface area contributed by atoms with Gasteiger partial charge in [0.2, 0.25) is 0 Å². The zero-order valence-corrected chi connectivity index (χ0v) is 18.2. The Morgan fingerprint density at radius 3 is 2.56 bits per heavy atom. The zero-order chi connectivity index (χ0) is 22.8. The lowest BCUT2D eigenvalue weighted by molar-refractivity contribution is -0.140. The number of ether oxygens (including phenoxy) is 1. The number of nitrogens with zero attached hydrogens (tertiary/aromatic N) is 5. The predicted molar refractivity (Wildman–Crippen MR) is 124 cm³/mol. The molecule has 2 aromatic carbocycles. The molecule has 32 heavy (non-hydrogen) atoms. The number of benzene rings is 2. The van der Waals surface area contributed by atoms with Crippen LogP contribution in [-0.4, -0.2) is 30.6 Å². The minimum absolute atomic E-state index is 0.274. The number of esters is 1. The van der Waals surface area contributed by atoms with Gasteiger partial charge in [-0.25, -0.2) is 0 Å². The van der Waals surface area contributed by atoms with Crippen molar-refractivity contribution in [3.05, 3.63) is 72.4 Å². The highest BCUT2D eigenvalue weighted by molar-refractivity contribution is 5.66. The van der Waals surface area contributed by atoms with E-state index in [1.807, 2.05) is 72.5 Å². The second kappa shape index (κ2) is 11.4. The number of aromatic nitrogens is 1. The molecule has 0 saturated carbocycles. The van der Waals surface area contributed by atoms with Gasteiger partial charge in [-0.1, -0.05) is 18.2 Å². The van der Waals surface area contributed by atoms with Crippen LogP contribution in [0.3, 0.4) is 0 Å². The Morgan fingerprint density at radius 2 is 1.91 bits per heavy atom. The summed E-state index contributed by atoms with van der Waals surface area (Å²) in [5.74, 6) is -0.315. The molecule has 0 unspecified atom stereocenters. The van der Waals surface area contributed by atoms with E-state index in [-0.39, 0.29) is 12.6 Å². The summed E-state index contributed by atoms with van der Waals surface area (Å²) < 4.78 is 5.05. The van der Waals surface area contributed by atoms with Crippen LogP contribution in [0.2, 0.25) is 0 Å². The van der Waals surface area contributed by atoms with Crippen molar-refractivity contribution in [1.82, 2.24) is 4.98 Å². The van der Waals surface area contributed by atoms with E-state index in [1.54, 1.807) is 6.20 Å². The number of hydrogen-bond donors (Lipinski definition) is 0. The van der Waals surface area contributed by atoms with Crippen LogP contribution in [0.25, 0.3) is 11.3 Å². The van der Waals surface area contributed by atoms with Crippen molar-refractivity contribution in [1.29, 1.82) is 5.26 Å². The van der Waals surface area contributed by atoms with Crippen LogP contribution in [0.5, 0.6) is 0 Å². The number of hydrogen-bond acceptors (Lipinski definition) is 7. The first kappa shape index (κ1) is 22.6. The fourth-order valence-electron chi connectivity index (χ4n) is 3.15. The molecule has 0 aliphatic rings. The average Bonchev–Trinajstić information content (AvgIpc) is 2.81. The molecule has 0 N–H and O–H groups in total. The van der Waals surface area contributed by atoms with E-state index in [9.17, 15) is 4.79 Å². The van der Waals surface area contributed by atoms with Crippen LogP contribution in [-0.2, 0) is 9.53 Å². The van der Waals surface area contributed by atoms with Crippen LogP contribution in [0.15, 0.2) is 77.1 Å². The number of nitriles is 1. The van der Waals surface area contributed by atoms with Crippen LogP contribution >= 0.6 is 0 Å². The first-order valence-electron chi connectivity index (χ1n) is 10.4. The normalized spacial score (nSPS) is 10.7. The standard InChI is InChI=1S/C25H25N5O2/c1-19-18-23(30(15-5-13-26)16-17-32-20(2)31)11-12-24(19)29-28-22-9-7-21(8-10-22)25-6-3-4-14-27-25/h3-4,6-12,14,18H,5,15-17H2,1-2H3. The molecule has 7 heteroatoms. The van der Waals surface area contributed by atoms with E-state index < -0.39 is 0 Å². The van der Waals surface area contributed by atoms with E-state index in [4.69, 9.17) is 10.00 Å². The summed E-state index contributed by atoms with van der Waals surface area (Å²) >= 11 is 0. The van der Waals surface area contributed by atoms with Gasteiger partial charge in [-0.15, -0.1) is 0 Å². The fraction of sp³-hybridized carbons (Fsp3) is 0.240. The molecule has 0 bridgehead atoms. The molecule has 1 heterocycles. The third-order valence-corrected chi connectivity index (χ3v) is 4.81. The topological polar surface area (TPSA) is 90.9 Å². The van der Waals surface area contributed by atoms with Gasteiger partial charge < -0.3 is 9.64 Å². The minimum Gasteiger partial charge on any atom is -0.464 e. The number of carbonyl (C=O) groups excluding carboxylic acids is 1. The summed E-state index contributed by atoms with van der Waals surface area (Å²) in [4.78, 5) is 17.4. The summed E-state index contributed by atoms with van der Waals surface area (Å²) in [6, 6.07) is 21.6. The number of carbonyl (C=O) groups is 1. The van der Waals surface area contributed by atoms with Gasteiger partial charge in [0, 0.05) is 30.9 Å². The molecule has 3 aromatic rings. The third-order valence-electron chi connectivity index (χ3n) is 4.81. The van der Waals surface area contributed by atoms with Gasteiger partial charge in [0.15, 0.2) is 0 Å². The minimum atomic E-state index is -0.315. The molecule has 0 fully saturated rings. The number of anilines is 1. The Bertz CT molecular complexity index is 1110. The lowest BCUT2D eigenvalue weighted by Gasteiger charge is -2.24. The summed E-state index contributed by atoms with van der Waals surface area (Å²) in [6.45, 7) is 4.70. The molecule has 0 spiro atoms. The van der Waals surface area contributed by atoms with Crippen LogP contribution in [0.4, 0.5) is 17.1 Å². The van der Waals surface area contributed by atoms with E-state index in [2.05, 4.69) is 21.3 Å². The maximum atomic E-state index is 11.0. The molecular weight excluding hydrogens is 402 g/mol. The highest BCUT2D eigenvalue weighted by Crippen LogP contribution is 2.27. The maximum Gasteiger partial charge on any atom is 0.302 e. The van der Waals surface area contributed by atoms with Gasteiger partial charge in [0.1, 0.15) is 6.61 Å². The largest absolute Gasteiger partial charge is 0.464 e. The fourth-order valence-corrected chi connectivity index (χ4v) is 3.15. The molecule has 0 radical (unpaired) electrons. The Morgan fingerprint density at radius 1 is 1.09 bits per heavy atom. The van der Waals surface area contributed by atoms with Gasteiger partial charge in [-0.2, -0.15) is 15.5 Å². The van der Waals surface area contributed by atoms with Crippen molar-refractivity contribution < 1.29 is 9.53 Å². The highest BCUT2D eigenvalue weighted by Gasteiger charge is 2.09. The van der Waals surface area contributed by atoms with E-state index >= 15 is 0 Å². The maximum absolute atomic E-state index is 11.0. The molecule has 0 atom stereocenters. The van der Waals surface area contributed by atoms with E-state index in [1.165, 1.54) is 6.92 Å². The van der Waals surface area contributed by atoms with Crippen molar-refractivity contribution in [2.75, 3.05) is 24.6 Å². The second-order valence-corrected chi connectivity index (χ2v) is 7.17. The van der Waals surface area contributed by atoms with Gasteiger partial charge in [0.05, 0.1) is 36.1 Å². The molecule has 7 nitrogen and oxygen atoms in total. The van der Waals surface area contributed by atoms with Crippen LogP contribution in [0.1, 0.15) is 18.9 Å². The highest BCUT2D eigenvalue weighted by atomic mass is 16.5. The van der Waals surface area contributed by atoms with Crippen molar-refractivity contribution in [3.8, 4) is 17.3 Å². The number of rotatable bonds is 9. The Labute approximate surface area is 188 Å². The number of azo groups is 1. The molecular formula is C25H25N5O2. The molecule has 0 saturated heterocycles. The van der Waals surface area contributed by atoms with Crippen molar-refractivity contribution in [3.63, 3.8) is 0 Å². The quantitative estimate of drug-likeness (QED) is 0.320. The van der Waals surface area contributed by atoms with Crippen molar-refractivity contribution >= 4 is 23.0 Å². The Balaban J connectivity index is 1.70. The summed E-state index contributed by atoms with van der Waals surface area (Å²) in [6.07, 6.45) is 2.16. The predicted octanol–water partition coefficient (Wildman–Crippen LogP) is 5.76. The molecule has 0 aliphatic carbocycles. The lowest BCUT2D eigenvalue weighted by atomic mass is 10.1.